The zero-order chi connectivity index (χ0) is 9.90. The van der Waals surface area contributed by atoms with Gasteiger partial charge in [-0.15, -0.1) is 0 Å². The minimum atomic E-state index is -0.599. The molecule has 0 aromatic rings. The first-order valence-corrected chi connectivity index (χ1v) is 5.46. The molecule has 0 aliphatic heterocycles. The van der Waals surface area contributed by atoms with Crippen molar-refractivity contribution in [3.63, 3.8) is 0 Å². The van der Waals surface area contributed by atoms with E-state index in [9.17, 15) is 5.11 Å². The number of hydrogen-bond donors (Lipinski definition) is 2. The van der Waals surface area contributed by atoms with Gasteiger partial charge in [0.15, 0.2) is 0 Å². The topological polar surface area (TPSA) is 32.3 Å². The van der Waals surface area contributed by atoms with Gasteiger partial charge in [0.25, 0.3) is 0 Å². The second kappa shape index (κ2) is 4.43. The highest BCUT2D eigenvalue weighted by Crippen LogP contribution is 2.24. The Balaban J connectivity index is 2.17. The van der Waals surface area contributed by atoms with Crippen molar-refractivity contribution >= 4 is 0 Å². The predicted molar refractivity (Wildman–Crippen MR) is 55.7 cm³/mol. The maximum Gasteiger partial charge on any atom is 0.0741 e. The van der Waals surface area contributed by atoms with E-state index in [2.05, 4.69) is 12.2 Å². The highest BCUT2D eigenvalue weighted by Gasteiger charge is 2.23. The van der Waals surface area contributed by atoms with Crippen molar-refractivity contribution < 1.29 is 5.11 Å². The summed E-state index contributed by atoms with van der Waals surface area (Å²) in [5.41, 5.74) is -0.599. The van der Waals surface area contributed by atoms with E-state index >= 15 is 0 Å². The van der Waals surface area contributed by atoms with Gasteiger partial charge in [0.2, 0.25) is 0 Å². The van der Waals surface area contributed by atoms with Crippen LogP contribution in [-0.2, 0) is 0 Å². The second-order valence-corrected chi connectivity index (χ2v) is 4.93. The van der Waals surface area contributed by atoms with Crippen molar-refractivity contribution in [2.45, 2.75) is 58.1 Å². The first-order chi connectivity index (χ1) is 6.00. The summed E-state index contributed by atoms with van der Waals surface area (Å²) in [6, 6.07) is 0.188. The molecule has 0 aromatic carbocycles. The summed E-state index contributed by atoms with van der Waals surface area (Å²) in [5, 5.41) is 13.1. The molecule has 0 heterocycles. The molecule has 1 saturated carbocycles. The molecule has 1 aliphatic rings. The molecule has 2 nitrogen and oxygen atoms in total. The molecule has 0 saturated heterocycles. The molecule has 1 fully saturated rings. The molecule has 1 unspecified atom stereocenters. The second-order valence-electron chi connectivity index (χ2n) is 4.93. The van der Waals surface area contributed by atoms with Crippen molar-refractivity contribution in [3.05, 3.63) is 0 Å². The van der Waals surface area contributed by atoms with Crippen molar-refractivity contribution in [2.24, 2.45) is 5.92 Å². The maximum atomic E-state index is 9.70. The average molecular weight is 185 g/mol. The van der Waals surface area contributed by atoms with Gasteiger partial charge in [0, 0.05) is 6.04 Å². The fourth-order valence-electron chi connectivity index (χ4n) is 1.81. The van der Waals surface area contributed by atoms with Crippen LogP contribution < -0.4 is 5.32 Å². The number of rotatable bonds is 4. The predicted octanol–water partition coefficient (Wildman–Crippen LogP) is 1.93. The summed E-state index contributed by atoms with van der Waals surface area (Å²) in [6.45, 7) is 6.85. The minimum Gasteiger partial charge on any atom is -0.389 e. The number of aliphatic hydroxyl groups is 1. The average Bonchev–Trinajstić information content (AvgIpc) is 2.50. The summed E-state index contributed by atoms with van der Waals surface area (Å²) in [6.07, 6.45) is 5.52. The molecule has 1 aliphatic carbocycles. The summed E-state index contributed by atoms with van der Waals surface area (Å²) in [4.78, 5) is 0. The van der Waals surface area contributed by atoms with E-state index in [4.69, 9.17) is 0 Å². The van der Waals surface area contributed by atoms with Gasteiger partial charge in [0.05, 0.1) is 5.60 Å². The Hall–Kier alpha value is -0.0800. The molecule has 2 heteroatoms. The van der Waals surface area contributed by atoms with Gasteiger partial charge in [-0.05, 0) is 46.1 Å². The molecule has 2 N–H and O–H groups in total. The van der Waals surface area contributed by atoms with E-state index in [1.54, 1.807) is 0 Å². The van der Waals surface area contributed by atoms with E-state index in [-0.39, 0.29) is 6.04 Å². The van der Waals surface area contributed by atoms with Crippen LogP contribution in [-0.4, -0.2) is 23.3 Å². The van der Waals surface area contributed by atoms with Gasteiger partial charge in [-0.2, -0.15) is 0 Å². The lowest BCUT2D eigenvalue weighted by atomic mass is 9.99. The molecule has 0 radical (unpaired) electrons. The monoisotopic (exact) mass is 185 g/mol. The molecule has 0 aromatic heterocycles. The van der Waals surface area contributed by atoms with E-state index < -0.39 is 5.60 Å². The molecular weight excluding hydrogens is 162 g/mol. The van der Waals surface area contributed by atoms with Gasteiger partial charge in [-0.3, -0.25) is 0 Å². The van der Waals surface area contributed by atoms with Crippen molar-refractivity contribution in [1.29, 1.82) is 0 Å². The van der Waals surface area contributed by atoms with Crippen LogP contribution in [0.1, 0.15) is 46.5 Å². The molecule has 1 atom stereocenters. The highest BCUT2D eigenvalue weighted by atomic mass is 16.3. The van der Waals surface area contributed by atoms with Crippen LogP contribution in [0.5, 0.6) is 0 Å². The quantitative estimate of drug-likeness (QED) is 0.701. The van der Waals surface area contributed by atoms with Crippen LogP contribution in [0.15, 0.2) is 0 Å². The molecule has 78 valence electrons. The third-order valence-corrected chi connectivity index (χ3v) is 3.25. The normalized spacial score (nSPS) is 22.2. The van der Waals surface area contributed by atoms with Crippen LogP contribution in [0.25, 0.3) is 0 Å². The lowest BCUT2D eigenvalue weighted by molar-refractivity contribution is 0.0430. The Morgan fingerprint density at radius 3 is 2.38 bits per heavy atom. The first kappa shape index (κ1) is 11.0. The Morgan fingerprint density at radius 1 is 1.38 bits per heavy atom. The third-order valence-electron chi connectivity index (χ3n) is 3.25. The molecule has 1 rings (SSSR count). The largest absolute Gasteiger partial charge is 0.389 e. The van der Waals surface area contributed by atoms with Gasteiger partial charge < -0.3 is 10.4 Å². The Bertz CT molecular complexity index is 145. The molecule has 0 bridgehead atoms. The lowest BCUT2D eigenvalue weighted by Gasteiger charge is -2.28. The van der Waals surface area contributed by atoms with Gasteiger partial charge in [-0.25, -0.2) is 0 Å². The van der Waals surface area contributed by atoms with E-state index in [0.29, 0.717) is 0 Å². The standard InChI is InChI=1S/C11H23NO/c1-9(11(2,3)13)12-8-10-6-4-5-7-10/h9-10,12-13H,4-8H2,1-3H3. The Morgan fingerprint density at radius 2 is 1.92 bits per heavy atom. The zero-order valence-corrected chi connectivity index (χ0v) is 9.14. The number of hydrogen-bond acceptors (Lipinski definition) is 2. The highest BCUT2D eigenvalue weighted by molar-refractivity contribution is 4.81. The van der Waals surface area contributed by atoms with Crippen LogP contribution in [0.3, 0.4) is 0 Å². The van der Waals surface area contributed by atoms with Gasteiger partial charge >= 0.3 is 0 Å². The molecular formula is C11H23NO. The SMILES string of the molecule is CC(NCC1CCCC1)C(C)(C)O. The van der Waals surface area contributed by atoms with E-state index in [0.717, 1.165) is 12.5 Å². The van der Waals surface area contributed by atoms with Crippen molar-refractivity contribution in [2.75, 3.05) is 6.54 Å². The summed E-state index contributed by atoms with van der Waals surface area (Å²) >= 11 is 0. The fourth-order valence-corrected chi connectivity index (χ4v) is 1.81. The maximum absolute atomic E-state index is 9.70. The summed E-state index contributed by atoms with van der Waals surface area (Å²) in [7, 11) is 0. The fraction of sp³-hybridized carbons (Fsp3) is 1.00. The zero-order valence-electron chi connectivity index (χ0n) is 9.14. The van der Waals surface area contributed by atoms with Crippen LogP contribution >= 0.6 is 0 Å². The molecule has 0 amide bonds. The molecule has 13 heavy (non-hydrogen) atoms. The first-order valence-electron chi connectivity index (χ1n) is 5.46. The van der Waals surface area contributed by atoms with Crippen LogP contribution in [0.4, 0.5) is 0 Å². The van der Waals surface area contributed by atoms with Crippen LogP contribution in [0.2, 0.25) is 0 Å². The van der Waals surface area contributed by atoms with Gasteiger partial charge in [-0.1, -0.05) is 12.8 Å². The van der Waals surface area contributed by atoms with E-state index in [1.165, 1.54) is 25.7 Å². The Labute approximate surface area is 81.7 Å². The summed E-state index contributed by atoms with van der Waals surface area (Å²) in [5.74, 6) is 0.852. The Kier molecular flexibility index (Phi) is 3.74. The van der Waals surface area contributed by atoms with Crippen molar-refractivity contribution in [1.82, 2.24) is 5.32 Å². The van der Waals surface area contributed by atoms with Gasteiger partial charge in [0.1, 0.15) is 0 Å². The summed E-state index contributed by atoms with van der Waals surface area (Å²) < 4.78 is 0. The lowest BCUT2D eigenvalue weighted by Crippen LogP contribution is -2.45. The van der Waals surface area contributed by atoms with Crippen LogP contribution in [0, 0.1) is 5.92 Å². The smallest absolute Gasteiger partial charge is 0.0741 e. The number of nitrogens with one attached hydrogen (secondary N) is 1. The van der Waals surface area contributed by atoms with E-state index in [1.807, 2.05) is 13.8 Å². The minimum absolute atomic E-state index is 0.188. The van der Waals surface area contributed by atoms with Crippen molar-refractivity contribution in [3.8, 4) is 0 Å². The third kappa shape index (κ3) is 3.65. The molecule has 0 spiro atoms.